The van der Waals surface area contributed by atoms with E-state index < -0.39 is 11.1 Å². The van der Waals surface area contributed by atoms with Gasteiger partial charge >= 0.3 is 0 Å². The van der Waals surface area contributed by atoms with Crippen molar-refractivity contribution in [2.45, 2.75) is 17.3 Å². The molecule has 0 unspecified atom stereocenters. The zero-order valence-corrected chi connectivity index (χ0v) is 15.6. The van der Waals surface area contributed by atoms with Crippen LogP contribution in [0.3, 0.4) is 0 Å². The number of aromatic nitrogens is 4. The SMILES string of the molecule is C[C@@H](Sc1nnc(-c2ccncc2)n1C)C(=O)Nc1ccc(Cl)cc1F. The average molecular weight is 392 g/mol. The number of pyridine rings is 1. The van der Waals surface area contributed by atoms with E-state index in [0.717, 1.165) is 11.6 Å². The summed E-state index contributed by atoms with van der Waals surface area (Å²) in [6.07, 6.45) is 3.35. The highest BCUT2D eigenvalue weighted by atomic mass is 35.5. The molecule has 0 aliphatic carbocycles. The Hall–Kier alpha value is -2.45. The van der Waals surface area contributed by atoms with Crippen LogP contribution in [0, 0.1) is 5.82 Å². The summed E-state index contributed by atoms with van der Waals surface area (Å²) in [6, 6.07) is 7.76. The number of nitrogens with zero attached hydrogens (tertiary/aromatic N) is 4. The smallest absolute Gasteiger partial charge is 0.237 e. The monoisotopic (exact) mass is 391 g/mol. The maximum absolute atomic E-state index is 13.8. The summed E-state index contributed by atoms with van der Waals surface area (Å²) in [5.74, 6) is -0.252. The quantitative estimate of drug-likeness (QED) is 0.670. The third kappa shape index (κ3) is 4.03. The molecule has 0 radical (unpaired) electrons. The second-order valence-electron chi connectivity index (χ2n) is 5.47. The van der Waals surface area contributed by atoms with Crippen LogP contribution < -0.4 is 5.32 Å². The van der Waals surface area contributed by atoms with E-state index in [1.165, 1.54) is 23.9 Å². The van der Waals surface area contributed by atoms with Gasteiger partial charge in [0, 0.05) is 30.0 Å². The first-order valence-corrected chi connectivity index (χ1v) is 8.94. The molecule has 2 aromatic heterocycles. The Bertz CT molecular complexity index is 934. The van der Waals surface area contributed by atoms with Crippen molar-refractivity contribution in [2.24, 2.45) is 7.05 Å². The van der Waals surface area contributed by atoms with Crippen LogP contribution in [0.5, 0.6) is 0 Å². The van der Waals surface area contributed by atoms with Crippen molar-refractivity contribution in [3.8, 4) is 11.4 Å². The number of nitrogens with one attached hydrogen (secondary N) is 1. The minimum atomic E-state index is -0.582. The third-order valence-corrected chi connectivity index (χ3v) is 4.98. The van der Waals surface area contributed by atoms with Gasteiger partial charge in [0.2, 0.25) is 5.91 Å². The highest BCUT2D eigenvalue weighted by molar-refractivity contribution is 8.00. The standard InChI is InChI=1S/C17H15ClFN5OS/c1-10(16(25)21-14-4-3-12(18)9-13(14)19)26-17-23-22-15(24(17)2)11-5-7-20-8-6-11/h3-10H,1-2H3,(H,21,25)/t10-/m1/s1. The normalized spacial score (nSPS) is 12.0. The lowest BCUT2D eigenvalue weighted by molar-refractivity contribution is -0.115. The molecule has 0 aliphatic heterocycles. The molecular formula is C17H15ClFN5OS. The fourth-order valence-electron chi connectivity index (χ4n) is 2.21. The van der Waals surface area contributed by atoms with Crippen molar-refractivity contribution in [3.63, 3.8) is 0 Å². The summed E-state index contributed by atoms with van der Waals surface area (Å²) in [6.45, 7) is 1.72. The number of benzene rings is 1. The zero-order chi connectivity index (χ0) is 18.7. The number of rotatable bonds is 5. The molecule has 26 heavy (non-hydrogen) atoms. The summed E-state index contributed by atoms with van der Waals surface area (Å²) in [5.41, 5.74) is 0.962. The Morgan fingerprint density at radius 1 is 1.27 bits per heavy atom. The van der Waals surface area contributed by atoms with Gasteiger partial charge < -0.3 is 9.88 Å². The molecule has 1 N–H and O–H groups in total. The van der Waals surface area contributed by atoms with E-state index in [4.69, 9.17) is 11.6 Å². The van der Waals surface area contributed by atoms with Crippen molar-refractivity contribution < 1.29 is 9.18 Å². The van der Waals surface area contributed by atoms with E-state index in [1.54, 1.807) is 23.9 Å². The minimum Gasteiger partial charge on any atom is -0.323 e. The molecule has 1 amide bonds. The van der Waals surface area contributed by atoms with Crippen molar-refractivity contribution in [1.29, 1.82) is 0 Å². The molecule has 3 aromatic rings. The number of carbonyl (C=O) groups is 1. The van der Waals surface area contributed by atoms with E-state index in [-0.39, 0.29) is 16.6 Å². The molecule has 134 valence electrons. The highest BCUT2D eigenvalue weighted by Gasteiger charge is 2.20. The molecule has 0 saturated heterocycles. The first-order chi connectivity index (χ1) is 12.5. The molecule has 3 rings (SSSR count). The van der Waals surface area contributed by atoms with Gasteiger partial charge in [-0.15, -0.1) is 10.2 Å². The maximum Gasteiger partial charge on any atom is 0.237 e. The Morgan fingerprint density at radius 3 is 2.69 bits per heavy atom. The van der Waals surface area contributed by atoms with Gasteiger partial charge in [0.15, 0.2) is 11.0 Å². The fraction of sp³-hybridized carbons (Fsp3) is 0.176. The van der Waals surface area contributed by atoms with Crippen LogP contribution in [0.1, 0.15) is 6.92 Å². The number of halogens is 2. The lowest BCUT2D eigenvalue weighted by Crippen LogP contribution is -2.23. The van der Waals surface area contributed by atoms with Crippen LogP contribution in [-0.4, -0.2) is 30.9 Å². The lowest BCUT2D eigenvalue weighted by atomic mass is 10.2. The highest BCUT2D eigenvalue weighted by Crippen LogP contribution is 2.26. The van der Waals surface area contributed by atoms with Crippen molar-refractivity contribution in [2.75, 3.05) is 5.32 Å². The number of hydrogen-bond acceptors (Lipinski definition) is 5. The number of amides is 1. The second-order valence-corrected chi connectivity index (χ2v) is 7.22. The van der Waals surface area contributed by atoms with Gasteiger partial charge in [-0.05, 0) is 37.3 Å². The van der Waals surface area contributed by atoms with Crippen molar-refractivity contribution in [1.82, 2.24) is 19.7 Å². The molecule has 0 saturated carbocycles. The summed E-state index contributed by atoms with van der Waals surface area (Å²) in [4.78, 5) is 16.3. The lowest BCUT2D eigenvalue weighted by Gasteiger charge is -2.12. The molecule has 0 bridgehead atoms. The molecule has 0 spiro atoms. The summed E-state index contributed by atoms with van der Waals surface area (Å²) in [5, 5.41) is 11.2. The van der Waals surface area contributed by atoms with E-state index >= 15 is 0 Å². The Kier molecular flexibility index (Phi) is 5.53. The van der Waals surface area contributed by atoms with E-state index in [0.29, 0.717) is 11.0 Å². The zero-order valence-electron chi connectivity index (χ0n) is 14.0. The van der Waals surface area contributed by atoms with Gasteiger partial charge in [-0.2, -0.15) is 0 Å². The molecule has 1 aromatic carbocycles. The average Bonchev–Trinajstić information content (AvgIpc) is 2.98. The largest absolute Gasteiger partial charge is 0.323 e. The molecule has 0 aliphatic rings. The molecule has 6 nitrogen and oxygen atoms in total. The predicted molar refractivity (Wildman–Crippen MR) is 99.6 cm³/mol. The van der Waals surface area contributed by atoms with E-state index in [9.17, 15) is 9.18 Å². The number of thioether (sulfide) groups is 1. The van der Waals surface area contributed by atoms with Gasteiger partial charge in [0.1, 0.15) is 5.82 Å². The van der Waals surface area contributed by atoms with E-state index in [2.05, 4.69) is 20.5 Å². The second kappa shape index (κ2) is 7.84. The van der Waals surface area contributed by atoms with Crippen LogP contribution in [0.15, 0.2) is 47.9 Å². The molecule has 9 heteroatoms. The fourth-order valence-corrected chi connectivity index (χ4v) is 3.18. The minimum absolute atomic E-state index is 0.0855. The molecule has 2 heterocycles. The summed E-state index contributed by atoms with van der Waals surface area (Å²) in [7, 11) is 1.82. The molecule has 0 fully saturated rings. The number of hydrogen-bond donors (Lipinski definition) is 1. The van der Waals surface area contributed by atoms with Crippen molar-refractivity contribution in [3.05, 3.63) is 53.6 Å². The first-order valence-electron chi connectivity index (χ1n) is 7.68. The van der Waals surface area contributed by atoms with Gasteiger partial charge in [-0.1, -0.05) is 23.4 Å². The number of carbonyl (C=O) groups excluding carboxylic acids is 1. The topological polar surface area (TPSA) is 72.7 Å². The van der Waals surface area contributed by atoms with Gasteiger partial charge in [0.25, 0.3) is 0 Å². The maximum atomic E-state index is 13.8. The van der Waals surface area contributed by atoms with Crippen LogP contribution in [0.4, 0.5) is 10.1 Å². The van der Waals surface area contributed by atoms with Crippen LogP contribution in [-0.2, 0) is 11.8 Å². The van der Waals surface area contributed by atoms with Crippen LogP contribution in [0.25, 0.3) is 11.4 Å². The Labute approximate surface area is 158 Å². The third-order valence-electron chi connectivity index (χ3n) is 3.61. The van der Waals surface area contributed by atoms with Crippen molar-refractivity contribution >= 4 is 35.0 Å². The van der Waals surface area contributed by atoms with Gasteiger partial charge in [-0.25, -0.2) is 4.39 Å². The molecular weight excluding hydrogens is 377 g/mol. The van der Waals surface area contributed by atoms with Crippen LogP contribution in [0.2, 0.25) is 5.02 Å². The van der Waals surface area contributed by atoms with Gasteiger partial charge in [0.05, 0.1) is 10.9 Å². The Morgan fingerprint density at radius 2 is 2.00 bits per heavy atom. The summed E-state index contributed by atoms with van der Waals surface area (Å²) >= 11 is 6.95. The van der Waals surface area contributed by atoms with E-state index in [1.807, 2.05) is 19.2 Å². The predicted octanol–water partition coefficient (Wildman–Crippen LogP) is 3.79. The Balaban J connectivity index is 1.71. The molecule has 1 atom stereocenters. The summed E-state index contributed by atoms with van der Waals surface area (Å²) < 4.78 is 15.6. The number of anilines is 1. The van der Waals surface area contributed by atoms with Gasteiger partial charge in [-0.3, -0.25) is 9.78 Å². The first kappa shape index (κ1) is 18.3. The van der Waals surface area contributed by atoms with Crippen LogP contribution >= 0.6 is 23.4 Å².